The van der Waals surface area contributed by atoms with Crippen LogP contribution in [0.15, 0.2) is 41.3 Å². The maximum Gasteiger partial charge on any atom is 0.338 e. The van der Waals surface area contributed by atoms with Gasteiger partial charge in [-0.05, 0) is 56.1 Å². The van der Waals surface area contributed by atoms with Crippen LogP contribution in [0.4, 0.5) is 14.5 Å². The molecule has 0 aliphatic heterocycles. The van der Waals surface area contributed by atoms with Gasteiger partial charge in [0.2, 0.25) is 0 Å². The first-order valence-electron chi connectivity index (χ1n) is 7.81. The summed E-state index contributed by atoms with van der Waals surface area (Å²) in [6.07, 6.45) is 0. The number of carboxylic acid groups (broad SMARTS) is 1. The molecule has 0 aliphatic carbocycles. The minimum absolute atomic E-state index is 0.200. The van der Waals surface area contributed by atoms with Crippen LogP contribution in [-0.4, -0.2) is 34.2 Å². The van der Waals surface area contributed by atoms with Crippen molar-refractivity contribution < 1.29 is 28.6 Å². The van der Waals surface area contributed by atoms with Crippen LogP contribution < -0.4 is 10.0 Å². The van der Waals surface area contributed by atoms with Crippen molar-refractivity contribution in [3.63, 3.8) is 0 Å². The molecule has 0 radical (unpaired) electrons. The van der Waals surface area contributed by atoms with Crippen LogP contribution in [0.25, 0.3) is 0 Å². The van der Waals surface area contributed by atoms with Gasteiger partial charge in [-0.1, -0.05) is 0 Å². The summed E-state index contributed by atoms with van der Waals surface area (Å²) >= 11 is 0.973. The number of carboxylic acids is 1. The Morgan fingerprint density at radius 3 is 2.30 bits per heavy atom. The molecule has 0 heterocycles. The minimum atomic E-state index is -1.55. The Labute approximate surface area is 158 Å². The molecule has 9 heteroatoms. The molecule has 2 rings (SSSR count). The minimum Gasteiger partial charge on any atom is -0.478 e. The van der Waals surface area contributed by atoms with Gasteiger partial charge in [-0.3, -0.25) is 4.79 Å². The number of halogens is 2. The molecule has 0 fully saturated rings. The lowest BCUT2D eigenvalue weighted by molar-refractivity contribution is 0.0691. The number of carbonyl (C=O) groups excluding carboxylic acids is 1. The summed E-state index contributed by atoms with van der Waals surface area (Å²) < 4.78 is 30.1. The molecule has 2 aromatic rings. The molecule has 27 heavy (non-hydrogen) atoms. The molecule has 0 bridgehead atoms. The van der Waals surface area contributed by atoms with Gasteiger partial charge in [-0.25, -0.2) is 13.6 Å². The number of aliphatic hydroxyl groups is 1. The summed E-state index contributed by atoms with van der Waals surface area (Å²) in [5.41, 5.74) is -1.32. The molecular formula is C18H18F2N2O4S. The quantitative estimate of drug-likeness (QED) is 0.536. The number of aliphatic hydroxyl groups excluding tert-OH is 1. The third-order valence-electron chi connectivity index (χ3n) is 3.53. The number of aromatic carboxylic acids is 1. The van der Waals surface area contributed by atoms with E-state index in [9.17, 15) is 23.5 Å². The molecule has 0 saturated carbocycles. The molecule has 0 aromatic heterocycles. The Balaban J connectivity index is 2.04. The van der Waals surface area contributed by atoms with Crippen LogP contribution in [0.5, 0.6) is 0 Å². The van der Waals surface area contributed by atoms with Crippen molar-refractivity contribution >= 4 is 29.5 Å². The smallest absolute Gasteiger partial charge is 0.338 e. The fourth-order valence-corrected chi connectivity index (χ4v) is 2.65. The highest BCUT2D eigenvalue weighted by molar-refractivity contribution is 8.00. The van der Waals surface area contributed by atoms with Gasteiger partial charge in [-0.15, -0.1) is 0 Å². The number of nitrogens with one attached hydrogen (secondary N) is 2. The van der Waals surface area contributed by atoms with E-state index >= 15 is 0 Å². The van der Waals surface area contributed by atoms with E-state index in [0.29, 0.717) is 16.5 Å². The Morgan fingerprint density at radius 2 is 1.74 bits per heavy atom. The summed E-state index contributed by atoms with van der Waals surface area (Å²) in [5, 5.41) is 20.6. The summed E-state index contributed by atoms with van der Waals surface area (Å²) in [6, 6.07) is 7.70. The van der Waals surface area contributed by atoms with Gasteiger partial charge in [0.25, 0.3) is 5.91 Å². The van der Waals surface area contributed by atoms with E-state index in [1.54, 1.807) is 38.1 Å². The number of anilines is 1. The van der Waals surface area contributed by atoms with E-state index in [1.165, 1.54) is 0 Å². The number of hydrogen-bond acceptors (Lipinski definition) is 5. The van der Waals surface area contributed by atoms with Gasteiger partial charge in [0.15, 0.2) is 0 Å². The van der Waals surface area contributed by atoms with Crippen LogP contribution in [0, 0.1) is 11.6 Å². The van der Waals surface area contributed by atoms with Crippen LogP contribution in [0.1, 0.15) is 34.6 Å². The Kier molecular flexibility index (Phi) is 6.40. The zero-order chi connectivity index (χ0) is 20.2. The molecule has 6 nitrogen and oxygen atoms in total. The average molecular weight is 396 g/mol. The third kappa shape index (κ3) is 5.41. The maximum atomic E-state index is 13.9. The van der Waals surface area contributed by atoms with Crippen LogP contribution in [0.3, 0.4) is 0 Å². The molecule has 1 amide bonds. The fraction of sp³-hybridized carbons (Fsp3) is 0.222. The van der Waals surface area contributed by atoms with Crippen LogP contribution in [-0.2, 0) is 0 Å². The fourth-order valence-electron chi connectivity index (χ4n) is 2.00. The second-order valence-electron chi connectivity index (χ2n) is 6.34. The normalized spacial score (nSPS) is 11.1. The standard InChI is InChI=1S/C18H18F2N2O4S/c1-18(2,9-23)21-16(24)10-3-5-11(6-4-10)27-22-15-8-13(19)12(17(25)26)7-14(15)20/h3-8,22-23H,9H2,1-2H3,(H,21,24)(H,25,26). The number of amides is 1. The maximum absolute atomic E-state index is 13.9. The van der Waals surface area contributed by atoms with Crippen molar-refractivity contribution in [2.75, 3.05) is 11.3 Å². The molecular weight excluding hydrogens is 378 g/mol. The Hall–Kier alpha value is -2.65. The van der Waals surface area contributed by atoms with Crippen LogP contribution in [0.2, 0.25) is 0 Å². The summed E-state index contributed by atoms with van der Waals surface area (Å²) in [4.78, 5) is 23.5. The number of rotatable bonds is 7. The van der Waals surface area contributed by atoms with Gasteiger partial charge in [0, 0.05) is 16.5 Å². The second kappa shape index (κ2) is 8.36. The van der Waals surface area contributed by atoms with Gasteiger partial charge in [0.05, 0.1) is 23.4 Å². The molecule has 0 spiro atoms. The van der Waals surface area contributed by atoms with Crippen molar-refractivity contribution in [2.45, 2.75) is 24.3 Å². The SMILES string of the molecule is CC(C)(CO)NC(=O)c1ccc(SNc2cc(F)c(C(=O)O)cc2F)cc1. The molecule has 0 unspecified atom stereocenters. The van der Waals surface area contributed by atoms with Crippen molar-refractivity contribution in [2.24, 2.45) is 0 Å². The van der Waals surface area contributed by atoms with Crippen LogP contribution >= 0.6 is 11.9 Å². The van der Waals surface area contributed by atoms with Crippen molar-refractivity contribution in [1.82, 2.24) is 5.32 Å². The largest absolute Gasteiger partial charge is 0.478 e. The Bertz CT molecular complexity index is 857. The van der Waals surface area contributed by atoms with E-state index in [0.717, 1.165) is 18.0 Å². The lowest BCUT2D eigenvalue weighted by atomic mass is 10.1. The van der Waals surface area contributed by atoms with Crippen molar-refractivity contribution in [1.29, 1.82) is 0 Å². The molecule has 0 saturated heterocycles. The molecule has 2 aromatic carbocycles. The monoisotopic (exact) mass is 396 g/mol. The summed E-state index contributed by atoms with van der Waals surface area (Å²) in [6.45, 7) is 3.16. The molecule has 0 atom stereocenters. The predicted molar refractivity (Wildman–Crippen MR) is 97.9 cm³/mol. The zero-order valence-electron chi connectivity index (χ0n) is 14.5. The highest BCUT2D eigenvalue weighted by atomic mass is 32.2. The first kappa shape index (κ1) is 20.7. The van der Waals surface area contributed by atoms with Gasteiger partial charge in [0.1, 0.15) is 11.6 Å². The van der Waals surface area contributed by atoms with Crippen molar-refractivity contribution in [3.8, 4) is 0 Å². The second-order valence-corrected chi connectivity index (χ2v) is 7.22. The first-order valence-corrected chi connectivity index (χ1v) is 8.63. The highest BCUT2D eigenvalue weighted by Gasteiger charge is 2.20. The first-order chi connectivity index (χ1) is 12.6. The van der Waals surface area contributed by atoms with Gasteiger partial charge in [-0.2, -0.15) is 0 Å². The Morgan fingerprint density at radius 1 is 1.11 bits per heavy atom. The molecule has 144 valence electrons. The van der Waals surface area contributed by atoms with E-state index in [-0.39, 0.29) is 18.2 Å². The van der Waals surface area contributed by atoms with E-state index < -0.39 is 28.7 Å². The number of carbonyl (C=O) groups is 2. The van der Waals surface area contributed by atoms with E-state index in [1.807, 2.05) is 0 Å². The predicted octanol–water partition coefficient (Wildman–Crippen LogP) is 3.28. The summed E-state index contributed by atoms with van der Waals surface area (Å²) in [7, 11) is 0. The third-order valence-corrected chi connectivity index (χ3v) is 4.36. The highest BCUT2D eigenvalue weighted by Crippen LogP contribution is 2.26. The lowest BCUT2D eigenvalue weighted by Crippen LogP contribution is -2.46. The number of benzene rings is 2. The summed E-state index contributed by atoms with van der Waals surface area (Å²) in [5.74, 6) is -3.85. The average Bonchev–Trinajstić information content (AvgIpc) is 2.62. The van der Waals surface area contributed by atoms with E-state index in [4.69, 9.17) is 5.11 Å². The lowest BCUT2D eigenvalue weighted by Gasteiger charge is -2.23. The molecule has 4 N–H and O–H groups in total. The number of hydrogen-bond donors (Lipinski definition) is 4. The van der Waals surface area contributed by atoms with Gasteiger partial charge >= 0.3 is 5.97 Å². The topological polar surface area (TPSA) is 98.7 Å². The van der Waals surface area contributed by atoms with Gasteiger partial charge < -0.3 is 20.3 Å². The molecule has 0 aliphatic rings. The zero-order valence-corrected chi connectivity index (χ0v) is 15.4. The van der Waals surface area contributed by atoms with Crippen molar-refractivity contribution in [3.05, 3.63) is 59.2 Å². The van der Waals surface area contributed by atoms with E-state index in [2.05, 4.69) is 10.0 Å².